The highest BCUT2D eigenvalue weighted by molar-refractivity contribution is 5.81. The Morgan fingerprint density at radius 1 is 1.29 bits per heavy atom. The molecule has 0 aliphatic carbocycles. The zero-order chi connectivity index (χ0) is 15.5. The lowest BCUT2D eigenvalue weighted by Gasteiger charge is -2.09. The largest absolute Gasteiger partial charge is 0.448 e. The van der Waals surface area contributed by atoms with Crippen molar-refractivity contribution in [1.82, 2.24) is 4.98 Å². The third kappa shape index (κ3) is 3.98. The maximum absolute atomic E-state index is 12.6. The second-order valence-corrected chi connectivity index (χ2v) is 4.20. The molecule has 0 saturated heterocycles. The number of anilines is 1. The molecule has 1 aromatic carbocycles. The van der Waals surface area contributed by atoms with Gasteiger partial charge in [0.1, 0.15) is 12.4 Å². The van der Waals surface area contributed by atoms with Gasteiger partial charge in [0.15, 0.2) is 0 Å². The fraction of sp³-hybridized carbons (Fsp3) is 0.231. The molecule has 21 heavy (non-hydrogen) atoms. The van der Waals surface area contributed by atoms with Crippen molar-refractivity contribution in [2.24, 2.45) is 5.73 Å². The summed E-state index contributed by atoms with van der Waals surface area (Å²) in [5, 5.41) is 3.26. The number of aromatic nitrogens is 1. The number of nitrogens with zero attached hydrogens (tertiary/aromatic N) is 1. The Morgan fingerprint density at radius 3 is 2.71 bits per heavy atom. The third-order valence-corrected chi connectivity index (χ3v) is 2.67. The van der Waals surface area contributed by atoms with Crippen LogP contribution in [0.2, 0.25) is 0 Å². The fourth-order valence-corrected chi connectivity index (χ4v) is 1.73. The third-order valence-electron chi connectivity index (χ3n) is 2.67. The quantitative estimate of drug-likeness (QED) is 0.851. The highest BCUT2D eigenvalue weighted by Gasteiger charge is 2.30. The molecule has 8 heteroatoms. The maximum Gasteiger partial charge on any atom is 0.416 e. The number of fused-ring (bicyclic) bond motifs is 1. The minimum Gasteiger partial charge on any atom is -0.448 e. The molecule has 0 fully saturated rings. The van der Waals surface area contributed by atoms with Gasteiger partial charge in [-0.3, -0.25) is 0 Å². The van der Waals surface area contributed by atoms with E-state index in [1.54, 1.807) is 6.07 Å². The van der Waals surface area contributed by atoms with Crippen molar-refractivity contribution >= 4 is 22.8 Å². The van der Waals surface area contributed by atoms with E-state index in [1.807, 2.05) is 0 Å². The van der Waals surface area contributed by atoms with Crippen LogP contribution in [0.5, 0.6) is 0 Å². The van der Waals surface area contributed by atoms with Gasteiger partial charge in [-0.1, -0.05) is 0 Å². The molecule has 0 bridgehead atoms. The molecule has 0 aliphatic heterocycles. The summed E-state index contributed by atoms with van der Waals surface area (Å²) in [6.07, 6.45) is -5.25. The first-order valence-corrected chi connectivity index (χ1v) is 6.00. The Bertz CT molecular complexity index is 659. The Morgan fingerprint density at radius 2 is 2.05 bits per heavy atom. The SMILES string of the molecule is NC(=O)OCCNc1ccc2cc(C(F)(F)F)ccc2n1. The molecule has 3 N–H and O–H groups in total. The van der Waals surface area contributed by atoms with Crippen LogP contribution in [0.15, 0.2) is 30.3 Å². The van der Waals surface area contributed by atoms with Crippen molar-refractivity contribution in [2.45, 2.75) is 6.18 Å². The number of primary amides is 1. The lowest BCUT2D eigenvalue weighted by Crippen LogP contribution is -2.18. The number of halogens is 3. The highest BCUT2D eigenvalue weighted by Crippen LogP contribution is 2.31. The van der Waals surface area contributed by atoms with Gasteiger partial charge in [0.05, 0.1) is 17.6 Å². The summed E-state index contributed by atoms with van der Waals surface area (Å²) in [6.45, 7) is 0.365. The smallest absolute Gasteiger partial charge is 0.416 e. The van der Waals surface area contributed by atoms with Crippen molar-refractivity contribution in [3.05, 3.63) is 35.9 Å². The van der Waals surface area contributed by atoms with Crippen molar-refractivity contribution in [3.63, 3.8) is 0 Å². The van der Waals surface area contributed by atoms with E-state index < -0.39 is 17.8 Å². The molecule has 0 unspecified atom stereocenters. The number of ether oxygens (including phenoxy) is 1. The van der Waals surface area contributed by atoms with E-state index in [-0.39, 0.29) is 6.61 Å². The molecule has 2 rings (SSSR count). The molecular weight excluding hydrogens is 287 g/mol. The summed E-state index contributed by atoms with van der Waals surface area (Å²) >= 11 is 0. The number of carbonyl (C=O) groups excluding carboxylic acids is 1. The normalized spacial score (nSPS) is 11.4. The number of nitrogens with one attached hydrogen (secondary N) is 1. The highest BCUT2D eigenvalue weighted by atomic mass is 19.4. The van der Waals surface area contributed by atoms with E-state index in [9.17, 15) is 18.0 Å². The molecule has 5 nitrogen and oxygen atoms in total. The van der Waals surface area contributed by atoms with Crippen LogP contribution in [-0.2, 0) is 10.9 Å². The minimum absolute atomic E-state index is 0.0715. The number of hydrogen-bond donors (Lipinski definition) is 2. The summed E-state index contributed by atoms with van der Waals surface area (Å²) in [7, 11) is 0. The van der Waals surface area contributed by atoms with Gasteiger partial charge in [-0.25, -0.2) is 9.78 Å². The van der Waals surface area contributed by atoms with Crippen molar-refractivity contribution in [1.29, 1.82) is 0 Å². The fourth-order valence-electron chi connectivity index (χ4n) is 1.73. The number of nitrogens with two attached hydrogens (primary N) is 1. The lowest BCUT2D eigenvalue weighted by atomic mass is 10.1. The number of amides is 1. The lowest BCUT2D eigenvalue weighted by molar-refractivity contribution is -0.137. The Balaban J connectivity index is 2.10. The summed E-state index contributed by atoms with van der Waals surface area (Å²) in [5.41, 5.74) is 4.52. The first kappa shape index (κ1) is 14.9. The first-order chi connectivity index (χ1) is 9.86. The summed E-state index contributed by atoms with van der Waals surface area (Å²) in [5.74, 6) is 0.468. The average Bonchev–Trinajstić information content (AvgIpc) is 2.41. The van der Waals surface area contributed by atoms with E-state index >= 15 is 0 Å². The van der Waals surface area contributed by atoms with Crippen LogP contribution in [0.1, 0.15) is 5.56 Å². The second-order valence-electron chi connectivity index (χ2n) is 4.20. The molecule has 1 heterocycles. The van der Waals surface area contributed by atoms with Crippen LogP contribution in [0, 0.1) is 0 Å². The van der Waals surface area contributed by atoms with Crippen LogP contribution in [0.25, 0.3) is 10.9 Å². The van der Waals surface area contributed by atoms with Crippen LogP contribution >= 0.6 is 0 Å². The van der Waals surface area contributed by atoms with Crippen molar-refractivity contribution < 1.29 is 22.7 Å². The summed E-state index contributed by atoms with van der Waals surface area (Å²) < 4.78 is 42.3. The van der Waals surface area contributed by atoms with E-state index in [0.29, 0.717) is 23.3 Å². The van der Waals surface area contributed by atoms with Gasteiger partial charge in [-0.2, -0.15) is 13.2 Å². The monoisotopic (exact) mass is 299 g/mol. The molecule has 0 spiro atoms. The number of benzene rings is 1. The second kappa shape index (κ2) is 5.86. The number of hydrogen-bond acceptors (Lipinski definition) is 4. The van der Waals surface area contributed by atoms with Crippen LogP contribution in [-0.4, -0.2) is 24.2 Å². The molecule has 112 valence electrons. The van der Waals surface area contributed by atoms with E-state index in [0.717, 1.165) is 12.1 Å². The number of pyridine rings is 1. The Hall–Kier alpha value is -2.51. The average molecular weight is 299 g/mol. The summed E-state index contributed by atoms with van der Waals surface area (Å²) in [4.78, 5) is 14.5. The molecule has 0 radical (unpaired) electrons. The van der Waals surface area contributed by atoms with Crippen LogP contribution in [0.3, 0.4) is 0 Å². The Labute approximate surface area is 117 Å². The number of alkyl halides is 3. The van der Waals surface area contributed by atoms with Crippen LogP contribution < -0.4 is 11.1 Å². The topological polar surface area (TPSA) is 77.2 Å². The predicted octanol–water partition coefficient (Wildman–Crippen LogP) is 2.76. The van der Waals surface area contributed by atoms with Gasteiger partial charge >= 0.3 is 12.3 Å². The first-order valence-electron chi connectivity index (χ1n) is 6.00. The zero-order valence-electron chi connectivity index (χ0n) is 10.8. The van der Waals surface area contributed by atoms with E-state index in [2.05, 4.69) is 15.0 Å². The van der Waals surface area contributed by atoms with Gasteiger partial charge in [0, 0.05) is 5.39 Å². The Kier molecular flexibility index (Phi) is 4.15. The maximum atomic E-state index is 12.6. The van der Waals surface area contributed by atoms with Crippen molar-refractivity contribution in [3.8, 4) is 0 Å². The number of rotatable bonds is 4. The minimum atomic E-state index is -4.38. The molecule has 2 aromatic rings. The van der Waals surface area contributed by atoms with Gasteiger partial charge in [-0.15, -0.1) is 0 Å². The van der Waals surface area contributed by atoms with Gasteiger partial charge in [0.2, 0.25) is 0 Å². The standard InChI is InChI=1S/C13H12F3N3O2/c14-13(15,16)9-2-3-10-8(7-9)1-4-11(19-10)18-5-6-21-12(17)20/h1-4,7H,5-6H2,(H2,17,20)(H,18,19). The van der Waals surface area contributed by atoms with E-state index in [4.69, 9.17) is 5.73 Å². The molecule has 1 amide bonds. The molecule has 0 atom stereocenters. The molecule has 0 saturated carbocycles. The molecular formula is C13H12F3N3O2. The molecule has 0 aliphatic rings. The number of carbonyl (C=O) groups is 1. The predicted molar refractivity (Wildman–Crippen MR) is 70.8 cm³/mol. The van der Waals surface area contributed by atoms with Gasteiger partial charge in [-0.05, 0) is 30.3 Å². The van der Waals surface area contributed by atoms with Crippen LogP contribution in [0.4, 0.5) is 23.8 Å². The van der Waals surface area contributed by atoms with Crippen molar-refractivity contribution in [2.75, 3.05) is 18.5 Å². The summed E-state index contributed by atoms with van der Waals surface area (Å²) in [6, 6.07) is 6.42. The van der Waals surface area contributed by atoms with Gasteiger partial charge in [0.25, 0.3) is 0 Å². The van der Waals surface area contributed by atoms with E-state index in [1.165, 1.54) is 12.1 Å². The zero-order valence-corrected chi connectivity index (χ0v) is 10.8. The van der Waals surface area contributed by atoms with Gasteiger partial charge < -0.3 is 15.8 Å². The molecule has 1 aromatic heterocycles.